The Kier molecular flexibility index (Phi) is 3.10. The van der Waals surface area contributed by atoms with Gasteiger partial charge in [-0.3, -0.25) is 14.3 Å². The number of hydrogen-bond donors (Lipinski definition) is 0. The van der Waals surface area contributed by atoms with Crippen molar-refractivity contribution in [3.63, 3.8) is 0 Å². The number of aryl methyl sites for hydroxylation is 1. The Morgan fingerprint density at radius 3 is 3.06 bits per heavy atom. The van der Waals surface area contributed by atoms with Gasteiger partial charge in [-0.25, -0.2) is 4.98 Å². The Balaban J connectivity index is 1.64. The monoisotopic (exact) mass is 246 g/mol. The summed E-state index contributed by atoms with van der Waals surface area (Å²) < 4.78 is 3.78. The van der Waals surface area contributed by atoms with Gasteiger partial charge >= 0.3 is 0 Å². The number of likely N-dealkylation sites (tertiary alicyclic amines) is 1. The predicted molar refractivity (Wildman–Crippen MR) is 66.7 cm³/mol. The highest BCUT2D eigenvalue weighted by atomic mass is 15.3. The van der Waals surface area contributed by atoms with Crippen LogP contribution in [-0.2, 0) is 20.1 Å². The Hall–Kier alpha value is -1.69. The minimum absolute atomic E-state index is 0.562. The van der Waals surface area contributed by atoms with Gasteiger partial charge in [0.1, 0.15) is 12.7 Å². The van der Waals surface area contributed by atoms with Crippen LogP contribution < -0.4 is 0 Å². The van der Waals surface area contributed by atoms with E-state index in [0.717, 1.165) is 19.6 Å². The first kappa shape index (κ1) is 11.4. The van der Waals surface area contributed by atoms with Crippen LogP contribution in [0.15, 0.2) is 25.0 Å². The van der Waals surface area contributed by atoms with Crippen molar-refractivity contribution in [2.45, 2.75) is 32.0 Å². The van der Waals surface area contributed by atoms with Gasteiger partial charge in [-0.2, -0.15) is 10.2 Å². The van der Waals surface area contributed by atoms with Gasteiger partial charge in [0.2, 0.25) is 0 Å². The largest absolute Gasteiger partial charge is 0.294 e. The van der Waals surface area contributed by atoms with Crippen molar-refractivity contribution in [1.82, 2.24) is 29.4 Å². The van der Waals surface area contributed by atoms with Crippen molar-refractivity contribution < 1.29 is 0 Å². The van der Waals surface area contributed by atoms with E-state index in [1.54, 1.807) is 12.7 Å². The first-order chi connectivity index (χ1) is 8.81. The van der Waals surface area contributed by atoms with Crippen LogP contribution in [0.25, 0.3) is 0 Å². The van der Waals surface area contributed by atoms with E-state index in [0.29, 0.717) is 6.04 Å². The molecule has 2 aromatic heterocycles. The quantitative estimate of drug-likeness (QED) is 0.796. The van der Waals surface area contributed by atoms with Gasteiger partial charge in [-0.05, 0) is 19.4 Å². The molecule has 1 fully saturated rings. The van der Waals surface area contributed by atoms with Crippen LogP contribution >= 0.6 is 0 Å². The fourth-order valence-electron chi connectivity index (χ4n) is 2.64. The van der Waals surface area contributed by atoms with Gasteiger partial charge < -0.3 is 0 Å². The van der Waals surface area contributed by atoms with Crippen LogP contribution in [0, 0.1) is 0 Å². The minimum Gasteiger partial charge on any atom is -0.294 e. The zero-order valence-electron chi connectivity index (χ0n) is 10.6. The van der Waals surface area contributed by atoms with Crippen LogP contribution in [0.4, 0.5) is 0 Å². The molecule has 1 saturated heterocycles. The number of nitrogens with zero attached hydrogens (tertiary/aromatic N) is 6. The van der Waals surface area contributed by atoms with Crippen LogP contribution in [0.5, 0.6) is 0 Å². The van der Waals surface area contributed by atoms with E-state index < -0.39 is 0 Å². The smallest absolute Gasteiger partial charge is 0.137 e. The van der Waals surface area contributed by atoms with Crippen LogP contribution in [0.2, 0.25) is 0 Å². The van der Waals surface area contributed by atoms with Gasteiger partial charge in [0, 0.05) is 31.4 Å². The van der Waals surface area contributed by atoms with Crippen molar-refractivity contribution in [1.29, 1.82) is 0 Å². The average molecular weight is 246 g/mol. The molecule has 0 aliphatic carbocycles. The molecule has 0 N–H and O–H groups in total. The van der Waals surface area contributed by atoms with Crippen molar-refractivity contribution >= 4 is 0 Å². The SMILES string of the molecule is Cn1cc(CN2CCCC2Cn2cncn2)cn1. The Morgan fingerprint density at radius 2 is 2.33 bits per heavy atom. The molecule has 6 heteroatoms. The van der Waals surface area contributed by atoms with E-state index in [1.165, 1.54) is 18.4 Å². The van der Waals surface area contributed by atoms with Crippen LogP contribution in [0.3, 0.4) is 0 Å². The minimum atomic E-state index is 0.562. The molecule has 96 valence electrons. The highest BCUT2D eigenvalue weighted by Gasteiger charge is 2.25. The third-order valence-electron chi connectivity index (χ3n) is 3.51. The van der Waals surface area contributed by atoms with Crippen LogP contribution in [0.1, 0.15) is 18.4 Å². The lowest BCUT2D eigenvalue weighted by Gasteiger charge is -2.23. The maximum absolute atomic E-state index is 4.22. The summed E-state index contributed by atoms with van der Waals surface area (Å²) in [5, 5.41) is 8.41. The third kappa shape index (κ3) is 2.43. The fraction of sp³-hybridized carbons (Fsp3) is 0.583. The summed E-state index contributed by atoms with van der Waals surface area (Å²) in [5.74, 6) is 0. The Bertz CT molecular complexity index is 488. The lowest BCUT2D eigenvalue weighted by molar-refractivity contribution is 0.219. The second-order valence-corrected chi connectivity index (χ2v) is 4.91. The summed E-state index contributed by atoms with van der Waals surface area (Å²) in [6.07, 6.45) is 9.93. The highest BCUT2D eigenvalue weighted by Crippen LogP contribution is 2.20. The number of hydrogen-bond acceptors (Lipinski definition) is 4. The van der Waals surface area contributed by atoms with E-state index in [4.69, 9.17) is 0 Å². The summed E-state index contributed by atoms with van der Waals surface area (Å²) in [7, 11) is 1.96. The van der Waals surface area contributed by atoms with Gasteiger partial charge in [-0.1, -0.05) is 0 Å². The molecule has 0 bridgehead atoms. The molecule has 1 aliphatic rings. The average Bonchev–Trinajstić information content (AvgIpc) is 3.05. The first-order valence-corrected chi connectivity index (χ1v) is 6.35. The molecule has 0 radical (unpaired) electrons. The second kappa shape index (κ2) is 4.89. The highest BCUT2D eigenvalue weighted by molar-refractivity contribution is 5.04. The summed E-state index contributed by atoms with van der Waals surface area (Å²) in [5.41, 5.74) is 1.28. The Labute approximate surface area is 106 Å². The molecular formula is C12H18N6. The van der Waals surface area contributed by atoms with Crippen molar-refractivity contribution in [2.75, 3.05) is 6.54 Å². The van der Waals surface area contributed by atoms with Gasteiger partial charge in [0.15, 0.2) is 0 Å². The summed E-state index contributed by atoms with van der Waals surface area (Å²) in [6, 6.07) is 0.562. The van der Waals surface area contributed by atoms with E-state index in [9.17, 15) is 0 Å². The van der Waals surface area contributed by atoms with Gasteiger partial charge in [0.05, 0.1) is 12.7 Å². The molecule has 6 nitrogen and oxygen atoms in total. The lowest BCUT2D eigenvalue weighted by atomic mass is 10.2. The van der Waals surface area contributed by atoms with Crippen molar-refractivity contribution in [3.8, 4) is 0 Å². The first-order valence-electron chi connectivity index (χ1n) is 6.35. The van der Waals surface area contributed by atoms with E-state index in [2.05, 4.69) is 26.3 Å². The molecule has 3 rings (SSSR count). The maximum atomic E-state index is 4.22. The molecule has 0 amide bonds. The standard InChI is InChI=1S/C12H18N6/c1-16-6-11(5-14-16)7-17-4-2-3-12(17)8-18-10-13-9-15-18/h5-6,9-10,12H,2-4,7-8H2,1H3. The summed E-state index contributed by atoms with van der Waals surface area (Å²) in [6.45, 7) is 3.07. The van der Waals surface area contributed by atoms with E-state index in [-0.39, 0.29) is 0 Å². The fourth-order valence-corrected chi connectivity index (χ4v) is 2.64. The van der Waals surface area contributed by atoms with Crippen molar-refractivity contribution in [2.24, 2.45) is 7.05 Å². The molecule has 3 heterocycles. The molecule has 0 spiro atoms. The topological polar surface area (TPSA) is 51.8 Å². The Morgan fingerprint density at radius 1 is 1.39 bits per heavy atom. The van der Waals surface area contributed by atoms with Crippen LogP contribution in [-0.4, -0.2) is 42.0 Å². The molecule has 1 unspecified atom stereocenters. The normalized spacial score (nSPS) is 20.6. The predicted octanol–water partition coefficient (Wildman–Crippen LogP) is 0.676. The molecule has 0 aromatic carbocycles. The van der Waals surface area contributed by atoms with E-state index in [1.807, 2.05) is 22.6 Å². The zero-order chi connectivity index (χ0) is 12.4. The van der Waals surface area contributed by atoms with Gasteiger partial charge in [-0.15, -0.1) is 0 Å². The number of rotatable bonds is 4. The molecular weight excluding hydrogens is 228 g/mol. The van der Waals surface area contributed by atoms with E-state index >= 15 is 0 Å². The van der Waals surface area contributed by atoms with Gasteiger partial charge in [0.25, 0.3) is 0 Å². The molecule has 1 atom stereocenters. The molecule has 18 heavy (non-hydrogen) atoms. The summed E-state index contributed by atoms with van der Waals surface area (Å²) >= 11 is 0. The maximum Gasteiger partial charge on any atom is 0.137 e. The summed E-state index contributed by atoms with van der Waals surface area (Å²) in [4.78, 5) is 6.51. The second-order valence-electron chi connectivity index (χ2n) is 4.91. The molecule has 2 aromatic rings. The zero-order valence-corrected chi connectivity index (χ0v) is 10.6. The lowest BCUT2D eigenvalue weighted by Crippen LogP contribution is -2.32. The third-order valence-corrected chi connectivity index (χ3v) is 3.51. The number of aromatic nitrogens is 5. The van der Waals surface area contributed by atoms with Crippen molar-refractivity contribution in [3.05, 3.63) is 30.6 Å². The molecule has 1 aliphatic heterocycles. The molecule has 0 saturated carbocycles.